The molecule has 2 heterocycles. The highest BCUT2D eigenvalue weighted by Gasteiger charge is 2.27. The maximum Gasteiger partial charge on any atom is 0.243 e. The first-order valence-electron chi connectivity index (χ1n) is 8.66. The molecular weight excluding hydrogens is 368 g/mol. The maximum atomic E-state index is 12.9. The first-order chi connectivity index (χ1) is 13.0. The smallest absolute Gasteiger partial charge is 0.243 e. The molecule has 4 rings (SSSR count). The Hall–Kier alpha value is -2.49. The number of sulfonamides is 1. The van der Waals surface area contributed by atoms with E-state index in [-0.39, 0.29) is 4.90 Å². The zero-order chi connectivity index (χ0) is 18.9. The second-order valence-electron chi connectivity index (χ2n) is 6.39. The van der Waals surface area contributed by atoms with Crippen LogP contribution in [0, 0.1) is 6.92 Å². The molecule has 0 atom stereocenters. The summed E-state index contributed by atoms with van der Waals surface area (Å²) in [4.78, 5) is 7.18. The van der Waals surface area contributed by atoms with Crippen LogP contribution in [0.2, 0.25) is 0 Å². The number of hydrogen-bond acceptors (Lipinski definition) is 6. The molecule has 2 aromatic carbocycles. The molecule has 0 bridgehead atoms. The average Bonchev–Trinajstić information content (AvgIpc) is 3.10. The fourth-order valence-electron chi connectivity index (χ4n) is 2.89. The minimum atomic E-state index is -3.59. The van der Waals surface area contributed by atoms with Crippen LogP contribution in [0.5, 0.6) is 0 Å². The van der Waals surface area contributed by atoms with E-state index in [1.807, 2.05) is 31.2 Å². The highest BCUT2D eigenvalue weighted by atomic mass is 32.2. The van der Waals surface area contributed by atoms with Crippen molar-refractivity contribution in [2.24, 2.45) is 0 Å². The van der Waals surface area contributed by atoms with E-state index in [1.54, 1.807) is 18.2 Å². The van der Waals surface area contributed by atoms with Crippen LogP contribution in [-0.4, -0.2) is 54.2 Å². The molecule has 0 N–H and O–H groups in total. The van der Waals surface area contributed by atoms with Crippen molar-refractivity contribution in [1.29, 1.82) is 0 Å². The Kier molecular flexibility index (Phi) is 4.81. The molecule has 0 amide bonds. The molecule has 1 aromatic heterocycles. The number of rotatable bonds is 5. The van der Waals surface area contributed by atoms with Gasteiger partial charge in [0.1, 0.15) is 17.6 Å². The van der Waals surface area contributed by atoms with Gasteiger partial charge in [-0.15, -0.1) is 5.10 Å². The number of ether oxygens (including phenoxy) is 1. The van der Waals surface area contributed by atoms with Gasteiger partial charge in [0.2, 0.25) is 10.0 Å². The molecule has 1 saturated heterocycles. The molecule has 1 aliphatic heterocycles. The number of hydrogen-bond donors (Lipinski definition) is 0. The molecule has 0 unspecified atom stereocenters. The first-order valence-corrected chi connectivity index (χ1v) is 10.1. The third-order valence-corrected chi connectivity index (χ3v) is 6.36. The Morgan fingerprint density at radius 2 is 1.85 bits per heavy atom. The Morgan fingerprint density at radius 1 is 1.11 bits per heavy atom. The van der Waals surface area contributed by atoms with Crippen molar-refractivity contribution in [3.8, 4) is 0 Å². The maximum absolute atomic E-state index is 12.9. The quantitative estimate of drug-likeness (QED) is 0.657. The summed E-state index contributed by atoms with van der Waals surface area (Å²) >= 11 is 0. The van der Waals surface area contributed by atoms with Crippen molar-refractivity contribution >= 4 is 21.1 Å². The molecule has 8 nitrogen and oxygen atoms in total. The standard InChI is InChI=1S/C18H20N4O4S/c1-14-2-4-15(5-3-14)13-26-22-18-12-16(6-7-17(18)19-20-22)27(23,24)21-8-10-25-11-9-21/h2-7,12H,8-11,13H2,1H3. The molecule has 9 heteroatoms. The Bertz CT molecular complexity index is 1040. The normalized spacial score (nSPS) is 15.9. The first kappa shape index (κ1) is 17.9. The summed E-state index contributed by atoms with van der Waals surface area (Å²) in [6.45, 7) is 3.83. The fourth-order valence-corrected chi connectivity index (χ4v) is 4.32. The van der Waals surface area contributed by atoms with Crippen LogP contribution >= 0.6 is 0 Å². The Labute approximate surface area is 157 Å². The molecule has 142 valence electrons. The second kappa shape index (κ2) is 7.26. The Balaban J connectivity index is 1.60. The lowest BCUT2D eigenvalue weighted by Crippen LogP contribution is -2.40. The Morgan fingerprint density at radius 3 is 2.59 bits per heavy atom. The van der Waals surface area contributed by atoms with E-state index >= 15 is 0 Å². The lowest BCUT2D eigenvalue weighted by molar-refractivity contribution is 0.0729. The van der Waals surface area contributed by atoms with Gasteiger partial charge in [-0.3, -0.25) is 0 Å². The topological polar surface area (TPSA) is 86.5 Å². The molecule has 0 saturated carbocycles. The summed E-state index contributed by atoms with van der Waals surface area (Å²) in [6, 6.07) is 12.7. The molecule has 0 aliphatic carbocycles. The monoisotopic (exact) mass is 388 g/mol. The summed E-state index contributed by atoms with van der Waals surface area (Å²) in [5, 5.41) is 8.02. The van der Waals surface area contributed by atoms with Gasteiger partial charge in [0, 0.05) is 13.1 Å². The lowest BCUT2D eigenvalue weighted by atomic mass is 10.2. The SMILES string of the molecule is Cc1ccc(COn2nnc3ccc(S(=O)(=O)N4CCOCC4)cc32)cc1. The van der Waals surface area contributed by atoms with Crippen LogP contribution < -0.4 is 4.84 Å². The summed E-state index contributed by atoms with van der Waals surface area (Å²) in [6.07, 6.45) is 0. The number of aromatic nitrogens is 3. The molecule has 0 radical (unpaired) electrons. The van der Waals surface area contributed by atoms with Crippen molar-refractivity contribution in [1.82, 2.24) is 19.5 Å². The van der Waals surface area contributed by atoms with Gasteiger partial charge in [-0.25, -0.2) is 8.42 Å². The van der Waals surface area contributed by atoms with Crippen LogP contribution in [0.25, 0.3) is 11.0 Å². The lowest BCUT2D eigenvalue weighted by Gasteiger charge is -2.26. The van der Waals surface area contributed by atoms with E-state index in [4.69, 9.17) is 9.57 Å². The second-order valence-corrected chi connectivity index (χ2v) is 8.33. The van der Waals surface area contributed by atoms with Gasteiger partial charge >= 0.3 is 0 Å². The van der Waals surface area contributed by atoms with Gasteiger partial charge in [-0.1, -0.05) is 34.7 Å². The number of fused-ring (bicyclic) bond motifs is 1. The van der Waals surface area contributed by atoms with Crippen LogP contribution in [0.4, 0.5) is 0 Å². The van der Waals surface area contributed by atoms with Crippen LogP contribution in [0.15, 0.2) is 47.4 Å². The summed E-state index contributed by atoms with van der Waals surface area (Å²) < 4.78 is 32.4. The van der Waals surface area contributed by atoms with Crippen molar-refractivity contribution < 1.29 is 18.0 Å². The zero-order valence-electron chi connectivity index (χ0n) is 14.9. The van der Waals surface area contributed by atoms with Gasteiger partial charge in [-0.05, 0) is 35.9 Å². The van der Waals surface area contributed by atoms with E-state index in [9.17, 15) is 8.42 Å². The number of aryl methyl sites for hydroxylation is 1. The number of benzene rings is 2. The summed E-state index contributed by atoms with van der Waals surface area (Å²) in [7, 11) is -3.59. The summed E-state index contributed by atoms with van der Waals surface area (Å²) in [5.41, 5.74) is 3.24. The summed E-state index contributed by atoms with van der Waals surface area (Å²) in [5.74, 6) is 0. The van der Waals surface area contributed by atoms with Gasteiger partial charge in [0.15, 0.2) is 0 Å². The van der Waals surface area contributed by atoms with Gasteiger partial charge in [0.25, 0.3) is 0 Å². The average molecular weight is 388 g/mol. The van der Waals surface area contributed by atoms with Gasteiger partial charge in [-0.2, -0.15) is 4.31 Å². The van der Waals surface area contributed by atoms with Crippen molar-refractivity contribution in [3.63, 3.8) is 0 Å². The van der Waals surface area contributed by atoms with E-state index in [0.717, 1.165) is 5.56 Å². The van der Waals surface area contributed by atoms with E-state index < -0.39 is 10.0 Å². The van der Waals surface area contributed by atoms with Crippen LogP contribution in [0.1, 0.15) is 11.1 Å². The highest BCUT2D eigenvalue weighted by Crippen LogP contribution is 2.21. The van der Waals surface area contributed by atoms with Crippen molar-refractivity contribution in [2.75, 3.05) is 26.3 Å². The molecule has 1 aliphatic rings. The van der Waals surface area contributed by atoms with Gasteiger partial charge < -0.3 is 9.57 Å². The van der Waals surface area contributed by atoms with E-state index in [1.165, 1.54) is 14.7 Å². The molecule has 3 aromatic rings. The third kappa shape index (κ3) is 3.66. The van der Waals surface area contributed by atoms with Crippen LogP contribution in [0.3, 0.4) is 0 Å². The fraction of sp³-hybridized carbons (Fsp3) is 0.333. The minimum absolute atomic E-state index is 0.194. The minimum Gasteiger partial charge on any atom is -0.390 e. The van der Waals surface area contributed by atoms with Gasteiger partial charge in [0.05, 0.1) is 18.1 Å². The van der Waals surface area contributed by atoms with E-state index in [0.29, 0.717) is 43.9 Å². The predicted octanol–water partition coefficient (Wildman–Crippen LogP) is 1.39. The molecule has 0 spiro atoms. The van der Waals surface area contributed by atoms with Crippen molar-refractivity contribution in [2.45, 2.75) is 18.4 Å². The number of nitrogens with zero attached hydrogens (tertiary/aromatic N) is 4. The largest absolute Gasteiger partial charge is 0.390 e. The predicted molar refractivity (Wildman–Crippen MR) is 98.6 cm³/mol. The highest BCUT2D eigenvalue weighted by molar-refractivity contribution is 7.89. The third-order valence-electron chi connectivity index (χ3n) is 4.47. The molecule has 1 fully saturated rings. The number of morpholine rings is 1. The van der Waals surface area contributed by atoms with Crippen molar-refractivity contribution in [3.05, 3.63) is 53.6 Å². The zero-order valence-corrected chi connectivity index (χ0v) is 15.7. The molecule has 27 heavy (non-hydrogen) atoms. The van der Waals surface area contributed by atoms with E-state index in [2.05, 4.69) is 10.3 Å². The molecular formula is C18H20N4O4S. The van der Waals surface area contributed by atoms with Crippen LogP contribution in [-0.2, 0) is 21.4 Å².